The van der Waals surface area contributed by atoms with Crippen molar-refractivity contribution in [3.63, 3.8) is 0 Å². The Balaban J connectivity index is 1.69. The second-order valence-electron chi connectivity index (χ2n) is 6.26. The van der Waals surface area contributed by atoms with E-state index in [4.69, 9.17) is 4.74 Å². The molecular weight excluding hydrogens is 327 g/mol. The monoisotopic (exact) mass is 350 g/mol. The molecule has 6 nitrogen and oxygen atoms in total. The molecule has 0 unspecified atom stereocenters. The predicted octanol–water partition coefficient (Wildman–Crippen LogP) is 1.79. The highest BCUT2D eigenvalue weighted by Crippen LogP contribution is 2.23. The quantitative estimate of drug-likeness (QED) is 0.766. The van der Waals surface area contributed by atoms with Gasteiger partial charge in [0.15, 0.2) is 6.61 Å². The minimum atomic E-state index is -0.753. The fourth-order valence-electron chi connectivity index (χ4n) is 2.87. The van der Waals surface area contributed by atoms with Crippen molar-refractivity contribution in [1.29, 1.82) is 0 Å². The molecule has 7 heteroatoms. The molecule has 1 aromatic carbocycles. The van der Waals surface area contributed by atoms with Gasteiger partial charge in [0, 0.05) is 6.04 Å². The van der Waals surface area contributed by atoms with Crippen molar-refractivity contribution in [2.75, 3.05) is 13.2 Å². The molecule has 0 aliphatic heterocycles. The number of rotatable bonds is 6. The van der Waals surface area contributed by atoms with Gasteiger partial charge < -0.3 is 15.4 Å². The number of carbonyl (C=O) groups excluding carboxylic acids is 3. The van der Waals surface area contributed by atoms with Crippen molar-refractivity contribution in [3.05, 3.63) is 35.6 Å². The van der Waals surface area contributed by atoms with E-state index in [0.717, 1.165) is 25.3 Å². The second kappa shape index (κ2) is 9.15. The molecule has 1 aromatic rings. The summed E-state index contributed by atoms with van der Waals surface area (Å²) in [5, 5.41) is 5.14. The third-order valence-electron chi connectivity index (χ3n) is 4.33. The first kappa shape index (κ1) is 18.9. The van der Waals surface area contributed by atoms with Crippen LogP contribution in [0.1, 0.15) is 43.0 Å². The summed E-state index contributed by atoms with van der Waals surface area (Å²) < 4.78 is 18.3. The Kier molecular flexibility index (Phi) is 6.91. The standard InChI is InChI=1S/C18H23FN2O4/c1-12-6-2-5-9-15(12)21-16(22)11-25-17(23)10-20-18(24)13-7-3-4-8-14(13)19/h3-4,7-8,12,15H,2,5-6,9-11H2,1H3,(H,20,24)(H,21,22)/t12-,15+/m1/s1. The first-order valence-corrected chi connectivity index (χ1v) is 8.45. The minimum absolute atomic E-state index is 0.112. The molecule has 2 atom stereocenters. The number of carbonyl (C=O) groups is 3. The van der Waals surface area contributed by atoms with Crippen LogP contribution in [-0.2, 0) is 14.3 Å². The highest BCUT2D eigenvalue weighted by molar-refractivity contribution is 5.96. The third-order valence-corrected chi connectivity index (χ3v) is 4.33. The SMILES string of the molecule is C[C@@H]1CCCC[C@@H]1NC(=O)COC(=O)CNC(=O)c1ccccc1F. The van der Waals surface area contributed by atoms with E-state index in [2.05, 4.69) is 17.6 Å². The number of esters is 1. The van der Waals surface area contributed by atoms with Gasteiger partial charge in [0.1, 0.15) is 12.4 Å². The van der Waals surface area contributed by atoms with Crippen molar-refractivity contribution in [2.24, 2.45) is 5.92 Å². The highest BCUT2D eigenvalue weighted by atomic mass is 19.1. The van der Waals surface area contributed by atoms with E-state index >= 15 is 0 Å². The summed E-state index contributed by atoms with van der Waals surface area (Å²) in [6, 6.07) is 5.57. The van der Waals surface area contributed by atoms with Crippen LogP contribution >= 0.6 is 0 Å². The fraction of sp³-hybridized carbons (Fsp3) is 0.500. The van der Waals surface area contributed by atoms with Crippen LogP contribution in [0.4, 0.5) is 4.39 Å². The van der Waals surface area contributed by atoms with Crippen molar-refractivity contribution in [1.82, 2.24) is 10.6 Å². The van der Waals surface area contributed by atoms with E-state index < -0.39 is 30.8 Å². The lowest BCUT2D eigenvalue weighted by molar-refractivity contribution is -0.147. The van der Waals surface area contributed by atoms with Crippen LogP contribution in [0.2, 0.25) is 0 Å². The summed E-state index contributed by atoms with van der Waals surface area (Å²) in [5.74, 6) is -2.08. The van der Waals surface area contributed by atoms with Crippen LogP contribution in [0.5, 0.6) is 0 Å². The number of ether oxygens (including phenoxy) is 1. The zero-order valence-electron chi connectivity index (χ0n) is 14.2. The highest BCUT2D eigenvalue weighted by Gasteiger charge is 2.23. The van der Waals surface area contributed by atoms with Crippen LogP contribution in [-0.4, -0.2) is 37.0 Å². The number of benzene rings is 1. The lowest BCUT2D eigenvalue weighted by Crippen LogP contribution is -2.43. The first-order valence-electron chi connectivity index (χ1n) is 8.45. The Morgan fingerprint density at radius 2 is 1.92 bits per heavy atom. The van der Waals surface area contributed by atoms with E-state index in [9.17, 15) is 18.8 Å². The van der Waals surface area contributed by atoms with E-state index in [1.807, 2.05) is 0 Å². The van der Waals surface area contributed by atoms with Gasteiger partial charge in [0.2, 0.25) is 0 Å². The zero-order valence-corrected chi connectivity index (χ0v) is 14.2. The zero-order chi connectivity index (χ0) is 18.2. The molecule has 0 spiro atoms. The smallest absolute Gasteiger partial charge is 0.325 e. The van der Waals surface area contributed by atoms with Crippen molar-refractivity contribution < 1.29 is 23.5 Å². The van der Waals surface area contributed by atoms with Crippen LogP contribution in [0.15, 0.2) is 24.3 Å². The third kappa shape index (κ3) is 5.85. The van der Waals surface area contributed by atoms with E-state index in [1.165, 1.54) is 24.6 Å². The maximum Gasteiger partial charge on any atom is 0.325 e. The van der Waals surface area contributed by atoms with Crippen LogP contribution in [0.25, 0.3) is 0 Å². The van der Waals surface area contributed by atoms with Gasteiger partial charge in [-0.2, -0.15) is 0 Å². The maximum absolute atomic E-state index is 13.4. The van der Waals surface area contributed by atoms with Gasteiger partial charge in [-0.3, -0.25) is 14.4 Å². The Morgan fingerprint density at radius 1 is 1.20 bits per heavy atom. The van der Waals surface area contributed by atoms with Crippen LogP contribution in [0, 0.1) is 11.7 Å². The molecule has 25 heavy (non-hydrogen) atoms. The Labute approximate surface area is 146 Å². The van der Waals surface area contributed by atoms with E-state index in [0.29, 0.717) is 5.92 Å². The summed E-state index contributed by atoms with van der Waals surface area (Å²) in [7, 11) is 0. The number of hydrogen-bond acceptors (Lipinski definition) is 4. The molecule has 1 saturated carbocycles. The predicted molar refractivity (Wildman–Crippen MR) is 89.3 cm³/mol. The maximum atomic E-state index is 13.4. The summed E-state index contributed by atoms with van der Waals surface area (Å²) in [6.45, 7) is 1.27. The van der Waals surface area contributed by atoms with Gasteiger partial charge in [0.25, 0.3) is 11.8 Å². The molecule has 0 radical (unpaired) electrons. The van der Waals surface area contributed by atoms with Gasteiger partial charge >= 0.3 is 5.97 Å². The number of amides is 2. The lowest BCUT2D eigenvalue weighted by atomic mass is 9.86. The average molecular weight is 350 g/mol. The van der Waals surface area contributed by atoms with Gasteiger partial charge in [0.05, 0.1) is 5.56 Å². The van der Waals surface area contributed by atoms with Crippen LogP contribution in [0.3, 0.4) is 0 Å². The molecule has 0 saturated heterocycles. The molecule has 136 valence electrons. The molecular formula is C18H23FN2O4. The summed E-state index contributed by atoms with van der Waals surface area (Å²) >= 11 is 0. The van der Waals surface area contributed by atoms with Gasteiger partial charge in [-0.1, -0.05) is 31.9 Å². The fourth-order valence-corrected chi connectivity index (χ4v) is 2.87. The molecule has 2 N–H and O–H groups in total. The van der Waals surface area contributed by atoms with Gasteiger partial charge in [-0.25, -0.2) is 4.39 Å². The molecule has 1 aliphatic carbocycles. The van der Waals surface area contributed by atoms with Crippen molar-refractivity contribution in [2.45, 2.75) is 38.6 Å². The Morgan fingerprint density at radius 3 is 2.64 bits per heavy atom. The number of halogens is 1. The van der Waals surface area contributed by atoms with Crippen LogP contribution < -0.4 is 10.6 Å². The first-order chi connectivity index (χ1) is 12.0. The van der Waals surface area contributed by atoms with Crippen molar-refractivity contribution in [3.8, 4) is 0 Å². The molecule has 2 amide bonds. The van der Waals surface area contributed by atoms with Gasteiger partial charge in [-0.05, 0) is 30.9 Å². The summed E-state index contributed by atoms with van der Waals surface area (Å²) in [4.78, 5) is 35.2. The molecule has 0 aromatic heterocycles. The second-order valence-corrected chi connectivity index (χ2v) is 6.26. The number of nitrogens with one attached hydrogen (secondary N) is 2. The van der Waals surface area contributed by atoms with E-state index in [-0.39, 0.29) is 17.5 Å². The topological polar surface area (TPSA) is 84.5 Å². The summed E-state index contributed by atoms with van der Waals surface area (Å²) in [6.07, 6.45) is 4.26. The molecule has 0 bridgehead atoms. The molecule has 1 fully saturated rings. The molecule has 1 aliphatic rings. The van der Waals surface area contributed by atoms with Gasteiger partial charge in [-0.15, -0.1) is 0 Å². The minimum Gasteiger partial charge on any atom is -0.454 e. The average Bonchev–Trinajstić information content (AvgIpc) is 2.60. The molecule has 0 heterocycles. The van der Waals surface area contributed by atoms with E-state index in [1.54, 1.807) is 0 Å². The lowest BCUT2D eigenvalue weighted by Gasteiger charge is -2.29. The Bertz CT molecular complexity index is 635. The molecule has 2 rings (SSSR count). The number of hydrogen-bond donors (Lipinski definition) is 2. The normalized spacial score (nSPS) is 19.8. The largest absolute Gasteiger partial charge is 0.454 e. The van der Waals surface area contributed by atoms with Crippen molar-refractivity contribution >= 4 is 17.8 Å². The Hall–Kier alpha value is -2.44. The summed E-state index contributed by atoms with van der Waals surface area (Å²) in [5.41, 5.74) is -0.153.